The summed E-state index contributed by atoms with van der Waals surface area (Å²) in [6.07, 6.45) is 1.35. The van der Waals surface area contributed by atoms with Crippen molar-refractivity contribution in [3.8, 4) is 0 Å². The van der Waals surface area contributed by atoms with Gasteiger partial charge in [0.15, 0.2) is 0 Å². The number of halogens is 2. The van der Waals surface area contributed by atoms with Gasteiger partial charge in [0.1, 0.15) is 6.61 Å². The first-order valence-electron chi connectivity index (χ1n) is 6.04. The highest BCUT2D eigenvalue weighted by Crippen LogP contribution is 2.09. The maximum Gasteiger partial charge on any atom is 0.261 e. The van der Waals surface area contributed by atoms with Crippen molar-refractivity contribution in [2.24, 2.45) is 0 Å². The number of piperidine rings is 1. The van der Waals surface area contributed by atoms with Gasteiger partial charge in [0, 0.05) is 19.0 Å². The number of rotatable bonds is 7. The molecule has 17 heavy (non-hydrogen) atoms. The van der Waals surface area contributed by atoms with E-state index in [4.69, 9.17) is 0 Å². The number of hydrogen-bond acceptors (Lipinski definition) is 3. The van der Waals surface area contributed by atoms with E-state index >= 15 is 0 Å². The molecule has 0 radical (unpaired) electrons. The Labute approximate surface area is 100 Å². The van der Waals surface area contributed by atoms with E-state index in [0.717, 1.165) is 19.4 Å². The fourth-order valence-corrected chi connectivity index (χ4v) is 1.83. The van der Waals surface area contributed by atoms with Crippen LogP contribution in [-0.4, -0.2) is 44.7 Å². The molecular weight excluding hydrogens is 230 g/mol. The first kappa shape index (κ1) is 14.3. The van der Waals surface area contributed by atoms with E-state index in [0.29, 0.717) is 6.42 Å². The Kier molecular flexibility index (Phi) is 7.04. The second-order valence-electron chi connectivity index (χ2n) is 4.17. The Morgan fingerprint density at radius 2 is 2.29 bits per heavy atom. The summed E-state index contributed by atoms with van der Waals surface area (Å²) in [5, 5.41) is 5.93. The summed E-state index contributed by atoms with van der Waals surface area (Å²) in [6.45, 7) is 0.821. The summed E-state index contributed by atoms with van der Waals surface area (Å²) in [5.41, 5.74) is 0. The average Bonchev–Trinajstić information content (AvgIpc) is 2.29. The number of alkyl halides is 2. The molecular formula is C11H20F2N2O2. The van der Waals surface area contributed by atoms with Crippen molar-refractivity contribution in [2.75, 3.05) is 26.3 Å². The normalized spacial score (nSPS) is 20.5. The van der Waals surface area contributed by atoms with Gasteiger partial charge in [-0.1, -0.05) is 6.42 Å². The van der Waals surface area contributed by atoms with E-state index in [1.807, 2.05) is 0 Å². The van der Waals surface area contributed by atoms with Crippen LogP contribution in [0.3, 0.4) is 0 Å². The number of hydrogen-bond donors (Lipinski definition) is 2. The number of amides is 1. The summed E-state index contributed by atoms with van der Waals surface area (Å²) in [6, 6.07) is 0.255. The van der Waals surface area contributed by atoms with Gasteiger partial charge in [-0.05, 0) is 19.4 Å². The predicted molar refractivity (Wildman–Crippen MR) is 60.1 cm³/mol. The molecule has 100 valence electrons. The molecule has 1 atom stereocenters. The number of carbonyl (C=O) groups is 1. The van der Waals surface area contributed by atoms with E-state index in [9.17, 15) is 13.6 Å². The van der Waals surface area contributed by atoms with Crippen LogP contribution < -0.4 is 10.6 Å². The molecule has 1 saturated heterocycles. The fourth-order valence-electron chi connectivity index (χ4n) is 1.83. The van der Waals surface area contributed by atoms with Crippen LogP contribution in [0.5, 0.6) is 0 Å². The molecule has 0 bridgehead atoms. The Hall–Kier alpha value is -0.750. The third-order valence-electron chi connectivity index (χ3n) is 2.66. The summed E-state index contributed by atoms with van der Waals surface area (Å²) in [7, 11) is 0. The summed E-state index contributed by atoms with van der Waals surface area (Å²) in [5.74, 6) is -0.0509. The van der Waals surface area contributed by atoms with E-state index < -0.39 is 13.0 Å². The van der Waals surface area contributed by atoms with Crippen molar-refractivity contribution in [2.45, 2.75) is 38.2 Å². The minimum absolute atomic E-state index is 0.0509. The van der Waals surface area contributed by atoms with Crippen molar-refractivity contribution in [3.63, 3.8) is 0 Å². The van der Waals surface area contributed by atoms with Crippen molar-refractivity contribution in [3.05, 3.63) is 0 Å². The van der Waals surface area contributed by atoms with E-state index in [-0.39, 0.29) is 25.1 Å². The minimum atomic E-state index is -2.45. The molecule has 1 aliphatic heterocycles. The third-order valence-corrected chi connectivity index (χ3v) is 2.66. The predicted octanol–water partition coefficient (Wildman–Crippen LogP) is 0.916. The largest absolute Gasteiger partial charge is 0.374 e. The second kappa shape index (κ2) is 8.36. The van der Waals surface area contributed by atoms with Gasteiger partial charge in [0.25, 0.3) is 6.43 Å². The first-order chi connectivity index (χ1) is 8.18. The Balaban J connectivity index is 1.97. The van der Waals surface area contributed by atoms with Crippen LogP contribution in [0.1, 0.15) is 25.7 Å². The molecule has 2 N–H and O–H groups in total. The molecule has 1 rings (SSSR count). The molecule has 0 aromatic heterocycles. The van der Waals surface area contributed by atoms with Crippen LogP contribution in [-0.2, 0) is 9.53 Å². The van der Waals surface area contributed by atoms with Gasteiger partial charge in [-0.2, -0.15) is 0 Å². The highest BCUT2D eigenvalue weighted by atomic mass is 19.3. The zero-order valence-corrected chi connectivity index (χ0v) is 9.88. The summed E-state index contributed by atoms with van der Waals surface area (Å²) < 4.78 is 28.1. The molecule has 1 heterocycles. The highest BCUT2D eigenvalue weighted by molar-refractivity contribution is 5.76. The molecule has 0 aromatic rings. The van der Waals surface area contributed by atoms with E-state index in [1.54, 1.807) is 0 Å². The van der Waals surface area contributed by atoms with Gasteiger partial charge < -0.3 is 15.4 Å². The van der Waals surface area contributed by atoms with Crippen molar-refractivity contribution in [1.82, 2.24) is 10.6 Å². The fraction of sp³-hybridized carbons (Fsp3) is 0.909. The van der Waals surface area contributed by atoms with Gasteiger partial charge in [-0.3, -0.25) is 4.79 Å². The Morgan fingerprint density at radius 3 is 2.94 bits per heavy atom. The SMILES string of the molecule is O=C(CC1CCCCN1)NCCOCC(F)F. The van der Waals surface area contributed by atoms with Crippen molar-refractivity contribution in [1.29, 1.82) is 0 Å². The Bertz CT molecular complexity index is 222. The standard InChI is InChI=1S/C11H20F2N2O2/c12-10(13)8-17-6-5-15-11(16)7-9-3-1-2-4-14-9/h9-10,14H,1-8H2,(H,15,16). The van der Waals surface area contributed by atoms with Crippen LogP contribution in [0.2, 0.25) is 0 Å². The molecule has 1 fully saturated rings. The molecule has 1 aliphatic rings. The van der Waals surface area contributed by atoms with Gasteiger partial charge in [-0.15, -0.1) is 0 Å². The second-order valence-corrected chi connectivity index (χ2v) is 4.17. The van der Waals surface area contributed by atoms with E-state index in [2.05, 4.69) is 15.4 Å². The van der Waals surface area contributed by atoms with Gasteiger partial charge in [-0.25, -0.2) is 8.78 Å². The summed E-state index contributed by atoms with van der Waals surface area (Å²) >= 11 is 0. The zero-order valence-electron chi connectivity index (χ0n) is 9.88. The monoisotopic (exact) mass is 250 g/mol. The van der Waals surface area contributed by atoms with Crippen LogP contribution in [0.25, 0.3) is 0 Å². The lowest BCUT2D eigenvalue weighted by Crippen LogP contribution is -2.39. The van der Waals surface area contributed by atoms with Crippen LogP contribution >= 0.6 is 0 Å². The van der Waals surface area contributed by atoms with E-state index in [1.165, 1.54) is 6.42 Å². The lowest BCUT2D eigenvalue weighted by molar-refractivity contribution is -0.122. The lowest BCUT2D eigenvalue weighted by Gasteiger charge is -2.22. The lowest BCUT2D eigenvalue weighted by atomic mass is 10.0. The van der Waals surface area contributed by atoms with Crippen LogP contribution in [0, 0.1) is 0 Å². The molecule has 6 heteroatoms. The van der Waals surface area contributed by atoms with Crippen LogP contribution in [0.15, 0.2) is 0 Å². The first-order valence-corrected chi connectivity index (χ1v) is 6.04. The van der Waals surface area contributed by atoms with Gasteiger partial charge in [0.05, 0.1) is 6.61 Å². The Morgan fingerprint density at radius 1 is 1.47 bits per heavy atom. The smallest absolute Gasteiger partial charge is 0.261 e. The highest BCUT2D eigenvalue weighted by Gasteiger charge is 2.15. The number of ether oxygens (including phenoxy) is 1. The number of carbonyl (C=O) groups excluding carboxylic acids is 1. The molecule has 0 spiro atoms. The van der Waals surface area contributed by atoms with Gasteiger partial charge in [0.2, 0.25) is 5.91 Å². The minimum Gasteiger partial charge on any atom is -0.374 e. The quantitative estimate of drug-likeness (QED) is 0.660. The van der Waals surface area contributed by atoms with Gasteiger partial charge >= 0.3 is 0 Å². The number of nitrogens with one attached hydrogen (secondary N) is 2. The summed E-state index contributed by atoms with van der Waals surface area (Å²) in [4.78, 5) is 11.5. The maximum atomic E-state index is 11.7. The van der Waals surface area contributed by atoms with Crippen molar-refractivity contribution >= 4 is 5.91 Å². The van der Waals surface area contributed by atoms with Crippen molar-refractivity contribution < 1.29 is 18.3 Å². The topological polar surface area (TPSA) is 50.4 Å². The molecule has 4 nitrogen and oxygen atoms in total. The molecule has 0 aromatic carbocycles. The molecule has 0 saturated carbocycles. The third kappa shape index (κ3) is 7.23. The molecule has 1 unspecified atom stereocenters. The van der Waals surface area contributed by atoms with Crippen LogP contribution in [0.4, 0.5) is 8.78 Å². The molecule has 0 aliphatic carbocycles. The zero-order chi connectivity index (χ0) is 12.5. The molecule has 1 amide bonds. The average molecular weight is 250 g/mol. The maximum absolute atomic E-state index is 11.7.